The van der Waals surface area contributed by atoms with Gasteiger partial charge in [-0.05, 0) is 43.7 Å². The van der Waals surface area contributed by atoms with Crippen molar-refractivity contribution in [3.05, 3.63) is 65.2 Å². The highest BCUT2D eigenvalue weighted by molar-refractivity contribution is 7.99. The molecule has 2 aromatic heterocycles. The summed E-state index contributed by atoms with van der Waals surface area (Å²) in [4.78, 5) is 16.9. The minimum atomic E-state index is -0.0569. The Kier molecular flexibility index (Phi) is 6.06. The lowest BCUT2D eigenvalue weighted by Crippen LogP contribution is -2.29. The zero-order valence-electron chi connectivity index (χ0n) is 16.7. The largest absolute Gasteiger partial charge is 0.354 e. The molecule has 0 radical (unpaired) electrons. The van der Waals surface area contributed by atoms with E-state index in [1.165, 1.54) is 11.8 Å². The first-order valence-electron chi connectivity index (χ1n) is 9.51. The third-order valence-corrected chi connectivity index (χ3v) is 6.14. The Hall–Kier alpha value is -2.84. The summed E-state index contributed by atoms with van der Waals surface area (Å²) >= 11 is 7.56. The number of hydrogen-bond donors (Lipinski definition) is 1. The molecule has 0 fully saturated rings. The van der Waals surface area contributed by atoms with E-state index in [4.69, 9.17) is 11.6 Å². The van der Waals surface area contributed by atoms with Crippen LogP contribution in [-0.4, -0.2) is 42.5 Å². The van der Waals surface area contributed by atoms with Crippen LogP contribution in [0, 0.1) is 13.8 Å². The van der Waals surface area contributed by atoms with Gasteiger partial charge in [-0.15, -0.1) is 10.2 Å². The van der Waals surface area contributed by atoms with Crippen molar-refractivity contribution < 1.29 is 4.79 Å². The van der Waals surface area contributed by atoms with Crippen LogP contribution in [0.4, 0.5) is 0 Å². The van der Waals surface area contributed by atoms with Gasteiger partial charge in [-0.1, -0.05) is 41.6 Å². The normalized spacial score (nSPS) is 11.2. The molecule has 0 aliphatic heterocycles. The van der Waals surface area contributed by atoms with Gasteiger partial charge in [-0.25, -0.2) is 4.98 Å². The number of nitrogens with one attached hydrogen (secondary N) is 1. The van der Waals surface area contributed by atoms with Gasteiger partial charge in [-0.2, -0.15) is 0 Å². The second-order valence-electron chi connectivity index (χ2n) is 6.86. The molecule has 0 spiro atoms. The number of para-hydroxylation sites is 2. The Morgan fingerprint density at radius 1 is 1.20 bits per heavy atom. The van der Waals surface area contributed by atoms with Crippen molar-refractivity contribution in [3.8, 4) is 5.69 Å². The molecule has 1 N–H and O–H groups in total. The molecule has 2 heterocycles. The minimum absolute atomic E-state index is 0.0569. The summed E-state index contributed by atoms with van der Waals surface area (Å²) in [6, 6.07) is 13.8. The van der Waals surface area contributed by atoms with Crippen molar-refractivity contribution in [1.29, 1.82) is 0 Å². The Bertz CT molecular complexity index is 1200. The van der Waals surface area contributed by atoms with Gasteiger partial charge in [-0.3, -0.25) is 9.36 Å². The molecule has 0 aliphatic rings. The summed E-state index contributed by atoms with van der Waals surface area (Å²) in [6.45, 7) is 5.12. The second-order valence-corrected chi connectivity index (χ2v) is 8.20. The number of benzene rings is 2. The van der Waals surface area contributed by atoms with Crippen LogP contribution in [0.5, 0.6) is 0 Å². The van der Waals surface area contributed by atoms with Crippen molar-refractivity contribution >= 4 is 40.3 Å². The standard InChI is InChI=1S/C21H21ClN6OS/c1-14-7-8-16(11-17(14)22)28-13-24-26-21(28)30-12-20(29)23-9-10-27-15(2)25-18-5-3-4-6-19(18)27/h3-8,11,13H,9-10,12H2,1-2H3,(H,23,29). The van der Waals surface area contributed by atoms with Crippen molar-refractivity contribution in [2.45, 2.75) is 25.5 Å². The number of rotatable bonds is 7. The second kappa shape index (κ2) is 8.89. The number of amides is 1. The molecule has 0 atom stereocenters. The molecule has 9 heteroatoms. The van der Waals surface area contributed by atoms with Crippen molar-refractivity contribution in [3.63, 3.8) is 0 Å². The molecule has 0 aliphatic carbocycles. The van der Waals surface area contributed by atoms with Crippen LogP contribution in [0.15, 0.2) is 53.9 Å². The highest BCUT2D eigenvalue weighted by atomic mass is 35.5. The fourth-order valence-electron chi connectivity index (χ4n) is 3.20. The number of imidazole rings is 1. The lowest BCUT2D eigenvalue weighted by molar-refractivity contribution is -0.118. The Morgan fingerprint density at radius 3 is 2.87 bits per heavy atom. The summed E-state index contributed by atoms with van der Waals surface area (Å²) in [5, 5.41) is 12.4. The number of nitrogens with zero attached hydrogens (tertiary/aromatic N) is 5. The summed E-state index contributed by atoms with van der Waals surface area (Å²) < 4.78 is 3.94. The van der Waals surface area contributed by atoms with E-state index in [1.54, 1.807) is 6.33 Å². The van der Waals surface area contributed by atoms with E-state index in [0.717, 1.165) is 28.1 Å². The van der Waals surface area contributed by atoms with E-state index < -0.39 is 0 Å². The maximum Gasteiger partial charge on any atom is 0.230 e. The molecular formula is C21H21ClN6OS. The lowest BCUT2D eigenvalue weighted by Gasteiger charge is -2.09. The first kappa shape index (κ1) is 20.4. The molecule has 154 valence electrons. The Morgan fingerprint density at radius 2 is 2.03 bits per heavy atom. The van der Waals surface area contributed by atoms with Crippen LogP contribution < -0.4 is 5.32 Å². The van der Waals surface area contributed by atoms with E-state index in [0.29, 0.717) is 23.3 Å². The van der Waals surface area contributed by atoms with Gasteiger partial charge in [0.1, 0.15) is 12.2 Å². The van der Waals surface area contributed by atoms with Crippen LogP contribution >= 0.6 is 23.4 Å². The molecular weight excluding hydrogens is 420 g/mol. The third-order valence-electron chi connectivity index (χ3n) is 4.79. The van der Waals surface area contributed by atoms with E-state index in [9.17, 15) is 4.79 Å². The first-order chi connectivity index (χ1) is 14.5. The number of hydrogen-bond acceptors (Lipinski definition) is 5. The molecule has 1 amide bonds. The summed E-state index contributed by atoms with van der Waals surface area (Å²) in [5.74, 6) is 1.13. The molecule has 0 bridgehead atoms. The van der Waals surface area contributed by atoms with Crippen molar-refractivity contribution in [1.82, 2.24) is 29.6 Å². The number of thioether (sulfide) groups is 1. The minimum Gasteiger partial charge on any atom is -0.354 e. The Balaban J connectivity index is 1.33. The molecule has 7 nitrogen and oxygen atoms in total. The fourth-order valence-corrected chi connectivity index (χ4v) is 4.13. The average molecular weight is 441 g/mol. The van der Waals surface area contributed by atoms with Crippen LogP contribution in [0.2, 0.25) is 5.02 Å². The SMILES string of the molecule is Cc1ccc(-n2cnnc2SCC(=O)NCCn2c(C)nc3ccccc32)cc1Cl. The van der Waals surface area contributed by atoms with Gasteiger partial charge in [0, 0.05) is 18.1 Å². The molecule has 0 saturated carbocycles. The number of fused-ring (bicyclic) bond motifs is 1. The zero-order chi connectivity index (χ0) is 21.1. The smallest absolute Gasteiger partial charge is 0.230 e. The van der Waals surface area contributed by atoms with Gasteiger partial charge in [0.05, 0.1) is 22.5 Å². The predicted octanol–water partition coefficient (Wildman–Crippen LogP) is 3.80. The van der Waals surface area contributed by atoms with Gasteiger partial charge >= 0.3 is 0 Å². The average Bonchev–Trinajstić information content (AvgIpc) is 3.33. The molecule has 0 unspecified atom stereocenters. The molecule has 2 aromatic carbocycles. The number of carbonyl (C=O) groups is 1. The quantitative estimate of drug-likeness (QED) is 0.442. The summed E-state index contributed by atoms with van der Waals surface area (Å²) in [5.41, 5.74) is 3.90. The monoisotopic (exact) mass is 440 g/mol. The van der Waals surface area contributed by atoms with Gasteiger partial charge < -0.3 is 9.88 Å². The molecule has 4 rings (SSSR count). The van der Waals surface area contributed by atoms with E-state index in [2.05, 4.69) is 25.1 Å². The molecule has 4 aromatic rings. The Labute approximate surface area is 183 Å². The van der Waals surface area contributed by atoms with E-state index in [1.807, 2.05) is 60.9 Å². The van der Waals surface area contributed by atoms with Crippen LogP contribution in [0.25, 0.3) is 16.7 Å². The molecule has 30 heavy (non-hydrogen) atoms. The van der Waals surface area contributed by atoms with Crippen molar-refractivity contribution in [2.75, 3.05) is 12.3 Å². The zero-order valence-corrected chi connectivity index (χ0v) is 18.2. The van der Waals surface area contributed by atoms with E-state index in [-0.39, 0.29) is 11.7 Å². The van der Waals surface area contributed by atoms with Gasteiger partial charge in [0.15, 0.2) is 5.16 Å². The number of aromatic nitrogens is 5. The van der Waals surface area contributed by atoms with E-state index >= 15 is 0 Å². The highest BCUT2D eigenvalue weighted by Crippen LogP contribution is 2.23. The maximum absolute atomic E-state index is 12.3. The third kappa shape index (κ3) is 4.34. The van der Waals surface area contributed by atoms with Crippen molar-refractivity contribution in [2.24, 2.45) is 0 Å². The van der Waals surface area contributed by atoms with Crippen LogP contribution in [-0.2, 0) is 11.3 Å². The first-order valence-corrected chi connectivity index (χ1v) is 10.9. The topological polar surface area (TPSA) is 77.6 Å². The molecule has 0 saturated heterocycles. The summed E-state index contributed by atoms with van der Waals surface area (Å²) in [7, 11) is 0. The number of aryl methyl sites for hydroxylation is 2. The van der Waals surface area contributed by atoms with Crippen LogP contribution in [0.3, 0.4) is 0 Å². The fraction of sp³-hybridized carbons (Fsp3) is 0.238. The van der Waals surface area contributed by atoms with Crippen LogP contribution in [0.1, 0.15) is 11.4 Å². The summed E-state index contributed by atoms with van der Waals surface area (Å²) in [6.07, 6.45) is 1.62. The predicted molar refractivity (Wildman–Crippen MR) is 119 cm³/mol. The maximum atomic E-state index is 12.3. The van der Waals surface area contributed by atoms with Gasteiger partial charge in [0.2, 0.25) is 5.91 Å². The highest BCUT2D eigenvalue weighted by Gasteiger charge is 2.12. The number of halogens is 1. The number of carbonyl (C=O) groups excluding carboxylic acids is 1. The lowest BCUT2D eigenvalue weighted by atomic mass is 10.2. The van der Waals surface area contributed by atoms with Gasteiger partial charge in [0.25, 0.3) is 0 Å².